The van der Waals surface area contributed by atoms with Crippen molar-refractivity contribution >= 4 is 22.5 Å². The van der Waals surface area contributed by atoms with Crippen LogP contribution in [0, 0.1) is 5.41 Å². The summed E-state index contributed by atoms with van der Waals surface area (Å²) in [5, 5.41) is 1.09. The molecule has 1 atom stereocenters. The van der Waals surface area contributed by atoms with E-state index in [0.717, 1.165) is 42.4 Å². The second kappa shape index (κ2) is 4.89. The van der Waals surface area contributed by atoms with E-state index in [1.807, 2.05) is 35.2 Å². The van der Waals surface area contributed by atoms with E-state index in [1.54, 1.807) is 6.20 Å². The van der Waals surface area contributed by atoms with Crippen molar-refractivity contribution < 1.29 is 4.79 Å². The number of anilines is 1. The van der Waals surface area contributed by atoms with E-state index in [4.69, 9.17) is 0 Å². The lowest BCUT2D eigenvalue weighted by atomic mass is 9.72. The van der Waals surface area contributed by atoms with Crippen molar-refractivity contribution in [3.63, 3.8) is 0 Å². The SMILES string of the molecule is CCCC1(CC)CN(c2cccc3cccnc23)C1=O. The van der Waals surface area contributed by atoms with Gasteiger partial charge in [-0.1, -0.05) is 38.5 Å². The van der Waals surface area contributed by atoms with Gasteiger partial charge >= 0.3 is 0 Å². The number of fused-ring (bicyclic) bond motifs is 1. The van der Waals surface area contributed by atoms with Gasteiger partial charge in [0.05, 0.1) is 16.6 Å². The molecule has 1 amide bonds. The summed E-state index contributed by atoms with van der Waals surface area (Å²) in [4.78, 5) is 19.0. The second-order valence-corrected chi connectivity index (χ2v) is 5.63. The highest BCUT2D eigenvalue weighted by molar-refractivity contribution is 6.09. The van der Waals surface area contributed by atoms with Crippen LogP contribution in [-0.4, -0.2) is 17.4 Å². The molecule has 1 aromatic heterocycles. The predicted molar refractivity (Wildman–Crippen MR) is 81.7 cm³/mol. The standard InChI is InChI=1S/C17H20N2O/c1-3-10-17(4-2)12-19(16(17)20)14-9-5-7-13-8-6-11-18-15(13)14/h5-9,11H,3-4,10,12H2,1-2H3. The molecule has 1 unspecified atom stereocenters. The lowest BCUT2D eigenvalue weighted by Crippen LogP contribution is -2.61. The minimum absolute atomic E-state index is 0.133. The minimum atomic E-state index is -0.133. The molecule has 2 aromatic rings. The van der Waals surface area contributed by atoms with E-state index in [-0.39, 0.29) is 11.3 Å². The molecule has 0 saturated carbocycles. The number of rotatable bonds is 4. The number of benzene rings is 1. The van der Waals surface area contributed by atoms with Gasteiger partial charge in [0.2, 0.25) is 5.91 Å². The first-order chi connectivity index (χ1) is 9.72. The van der Waals surface area contributed by atoms with Gasteiger partial charge in [-0.3, -0.25) is 9.78 Å². The Kier molecular flexibility index (Phi) is 3.20. The monoisotopic (exact) mass is 268 g/mol. The van der Waals surface area contributed by atoms with Gasteiger partial charge in [0.1, 0.15) is 0 Å². The number of aromatic nitrogens is 1. The average Bonchev–Trinajstić information content (AvgIpc) is 2.50. The first-order valence-corrected chi connectivity index (χ1v) is 7.37. The summed E-state index contributed by atoms with van der Waals surface area (Å²) in [6, 6.07) is 10.00. The summed E-state index contributed by atoms with van der Waals surface area (Å²) >= 11 is 0. The van der Waals surface area contributed by atoms with E-state index in [0.29, 0.717) is 0 Å². The Bertz CT molecular complexity index is 647. The van der Waals surface area contributed by atoms with Crippen molar-refractivity contribution in [2.45, 2.75) is 33.1 Å². The maximum atomic E-state index is 12.6. The largest absolute Gasteiger partial charge is 0.309 e. The molecule has 0 bridgehead atoms. The van der Waals surface area contributed by atoms with E-state index >= 15 is 0 Å². The molecule has 1 saturated heterocycles. The number of carbonyl (C=O) groups excluding carboxylic acids is 1. The maximum Gasteiger partial charge on any atom is 0.235 e. The van der Waals surface area contributed by atoms with Crippen LogP contribution >= 0.6 is 0 Å². The van der Waals surface area contributed by atoms with E-state index in [1.165, 1.54) is 0 Å². The van der Waals surface area contributed by atoms with Gasteiger partial charge < -0.3 is 4.90 Å². The topological polar surface area (TPSA) is 33.2 Å². The molecule has 0 spiro atoms. The maximum absolute atomic E-state index is 12.6. The quantitative estimate of drug-likeness (QED) is 0.791. The van der Waals surface area contributed by atoms with Crippen molar-refractivity contribution in [1.29, 1.82) is 0 Å². The molecule has 2 heterocycles. The van der Waals surface area contributed by atoms with Crippen molar-refractivity contribution in [2.75, 3.05) is 11.4 Å². The van der Waals surface area contributed by atoms with Crippen molar-refractivity contribution in [3.8, 4) is 0 Å². The Morgan fingerprint density at radius 2 is 2.05 bits per heavy atom. The van der Waals surface area contributed by atoms with Gasteiger partial charge in [0.25, 0.3) is 0 Å². The van der Waals surface area contributed by atoms with Crippen LogP contribution in [0.25, 0.3) is 10.9 Å². The van der Waals surface area contributed by atoms with Gasteiger partial charge in [-0.25, -0.2) is 0 Å². The Morgan fingerprint density at radius 1 is 1.25 bits per heavy atom. The van der Waals surface area contributed by atoms with Gasteiger partial charge in [-0.15, -0.1) is 0 Å². The fourth-order valence-electron chi connectivity index (χ4n) is 3.24. The molecule has 3 heteroatoms. The summed E-state index contributed by atoms with van der Waals surface area (Å²) in [5.41, 5.74) is 1.74. The molecule has 0 N–H and O–H groups in total. The predicted octanol–water partition coefficient (Wildman–Crippen LogP) is 3.78. The smallest absolute Gasteiger partial charge is 0.235 e. The molecule has 3 nitrogen and oxygen atoms in total. The third-order valence-corrected chi connectivity index (χ3v) is 4.47. The van der Waals surface area contributed by atoms with Gasteiger partial charge in [-0.05, 0) is 25.0 Å². The molecular weight excluding hydrogens is 248 g/mol. The van der Waals surface area contributed by atoms with Gasteiger partial charge in [0.15, 0.2) is 0 Å². The van der Waals surface area contributed by atoms with E-state index < -0.39 is 0 Å². The van der Waals surface area contributed by atoms with E-state index in [2.05, 4.69) is 18.8 Å². The molecule has 0 radical (unpaired) electrons. The zero-order valence-electron chi connectivity index (χ0n) is 12.1. The average molecular weight is 268 g/mol. The van der Waals surface area contributed by atoms with Crippen LogP contribution in [0.3, 0.4) is 0 Å². The van der Waals surface area contributed by atoms with Crippen molar-refractivity contribution in [3.05, 3.63) is 36.5 Å². The zero-order chi connectivity index (χ0) is 14.2. The lowest BCUT2D eigenvalue weighted by molar-refractivity contribution is -0.136. The highest BCUT2D eigenvalue weighted by atomic mass is 16.2. The number of nitrogens with zero attached hydrogens (tertiary/aromatic N) is 2. The molecule has 1 aromatic carbocycles. The number of pyridine rings is 1. The number of β-lactam (4-membered cyclic amide) rings is 1. The summed E-state index contributed by atoms with van der Waals surface area (Å²) < 4.78 is 0. The molecule has 3 rings (SSSR count). The van der Waals surface area contributed by atoms with Crippen LogP contribution in [0.1, 0.15) is 33.1 Å². The molecule has 1 aliphatic heterocycles. The number of carbonyl (C=O) groups is 1. The molecule has 0 aliphatic carbocycles. The van der Waals surface area contributed by atoms with Crippen LogP contribution in [0.2, 0.25) is 0 Å². The van der Waals surface area contributed by atoms with Crippen LogP contribution in [-0.2, 0) is 4.79 Å². The number of hydrogen-bond donors (Lipinski definition) is 0. The molecular formula is C17H20N2O. The van der Waals surface area contributed by atoms with Crippen LogP contribution in [0.15, 0.2) is 36.5 Å². The Balaban J connectivity index is 1.97. The Morgan fingerprint density at radius 3 is 2.75 bits per heavy atom. The van der Waals surface area contributed by atoms with Crippen molar-refractivity contribution in [2.24, 2.45) is 5.41 Å². The highest BCUT2D eigenvalue weighted by Crippen LogP contribution is 2.43. The molecule has 1 fully saturated rings. The third kappa shape index (κ3) is 1.80. The summed E-state index contributed by atoms with van der Waals surface area (Å²) in [7, 11) is 0. The Hall–Kier alpha value is -1.90. The minimum Gasteiger partial charge on any atom is -0.309 e. The van der Waals surface area contributed by atoms with Gasteiger partial charge in [-0.2, -0.15) is 0 Å². The fourth-order valence-corrected chi connectivity index (χ4v) is 3.24. The first kappa shape index (κ1) is 13.1. The summed E-state index contributed by atoms with van der Waals surface area (Å²) in [6.45, 7) is 5.09. The van der Waals surface area contributed by atoms with Crippen LogP contribution in [0.4, 0.5) is 5.69 Å². The first-order valence-electron chi connectivity index (χ1n) is 7.37. The van der Waals surface area contributed by atoms with Crippen LogP contribution in [0.5, 0.6) is 0 Å². The Labute approximate surface area is 119 Å². The number of amides is 1. The molecule has 20 heavy (non-hydrogen) atoms. The normalized spacial score (nSPS) is 22.1. The molecule has 104 valence electrons. The zero-order valence-corrected chi connectivity index (χ0v) is 12.1. The lowest BCUT2D eigenvalue weighted by Gasteiger charge is -2.48. The van der Waals surface area contributed by atoms with E-state index in [9.17, 15) is 4.79 Å². The third-order valence-electron chi connectivity index (χ3n) is 4.47. The summed E-state index contributed by atoms with van der Waals surface area (Å²) in [5.74, 6) is 0.264. The van der Waals surface area contributed by atoms with Crippen LogP contribution < -0.4 is 4.90 Å². The molecule has 1 aliphatic rings. The second-order valence-electron chi connectivity index (χ2n) is 5.63. The van der Waals surface area contributed by atoms with Crippen molar-refractivity contribution in [1.82, 2.24) is 4.98 Å². The number of hydrogen-bond acceptors (Lipinski definition) is 2. The highest BCUT2D eigenvalue weighted by Gasteiger charge is 2.50. The fraction of sp³-hybridized carbons (Fsp3) is 0.412. The van der Waals surface area contributed by atoms with Gasteiger partial charge in [0, 0.05) is 18.1 Å². The number of para-hydroxylation sites is 1. The summed E-state index contributed by atoms with van der Waals surface area (Å²) in [6.07, 6.45) is 4.75.